The normalized spacial score (nSPS) is 17.7. The van der Waals surface area contributed by atoms with E-state index in [1.165, 1.54) is 52.6 Å². The highest BCUT2D eigenvalue weighted by Gasteiger charge is 2.25. The lowest BCUT2D eigenvalue weighted by atomic mass is 9.78. The molecule has 1 aromatic carbocycles. The van der Waals surface area contributed by atoms with Gasteiger partial charge >= 0.3 is 0 Å². The van der Waals surface area contributed by atoms with Gasteiger partial charge in [-0.3, -0.25) is 0 Å². The third kappa shape index (κ3) is 2.21. The van der Waals surface area contributed by atoms with Crippen molar-refractivity contribution >= 4 is 0 Å². The van der Waals surface area contributed by atoms with Crippen LogP contribution in [0.2, 0.25) is 0 Å². The SMILES string of the molecule is Cc1c(C)c(C)c(C(O)CC2CCC2)c(C)c1C. The van der Waals surface area contributed by atoms with E-state index in [1.54, 1.807) is 0 Å². The first kappa shape index (κ1) is 13.6. The molecule has 1 N–H and O–H groups in total. The molecular formula is C17H26O. The van der Waals surface area contributed by atoms with Crippen LogP contribution in [-0.2, 0) is 0 Å². The molecule has 1 heteroatoms. The first-order valence-corrected chi connectivity index (χ1v) is 7.18. The standard InChI is InChI=1S/C17H26O/c1-10-11(2)13(4)17(14(5)12(10)3)16(18)9-15-7-6-8-15/h15-16,18H,6-9H2,1-5H3. The number of benzene rings is 1. The lowest BCUT2D eigenvalue weighted by Gasteiger charge is -2.30. The smallest absolute Gasteiger partial charge is 0.0798 e. The number of hydrogen-bond acceptors (Lipinski definition) is 1. The summed E-state index contributed by atoms with van der Waals surface area (Å²) in [6.45, 7) is 10.9. The second-order valence-electron chi connectivity index (χ2n) is 6.09. The lowest BCUT2D eigenvalue weighted by Crippen LogP contribution is -2.17. The van der Waals surface area contributed by atoms with E-state index in [1.807, 2.05) is 0 Å². The van der Waals surface area contributed by atoms with Crippen LogP contribution >= 0.6 is 0 Å². The highest BCUT2D eigenvalue weighted by atomic mass is 16.3. The van der Waals surface area contributed by atoms with Gasteiger partial charge in [0, 0.05) is 0 Å². The maximum absolute atomic E-state index is 10.6. The third-order valence-electron chi connectivity index (χ3n) is 5.17. The number of aliphatic hydroxyl groups is 1. The predicted molar refractivity (Wildman–Crippen MR) is 77.0 cm³/mol. The zero-order chi connectivity index (χ0) is 13.4. The van der Waals surface area contributed by atoms with E-state index < -0.39 is 0 Å². The van der Waals surface area contributed by atoms with Gasteiger partial charge in [0.05, 0.1) is 6.10 Å². The van der Waals surface area contributed by atoms with Crippen molar-refractivity contribution in [1.82, 2.24) is 0 Å². The zero-order valence-electron chi connectivity index (χ0n) is 12.4. The Balaban J connectivity index is 2.36. The average molecular weight is 246 g/mol. The molecule has 1 unspecified atom stereocenters. The van der Waals surface area contributed by atoms with Gasteiger partial charge in [0.15, 0.2) is 0 Å². The average Bonchev–Trinajstić information content (AvgIpc) is 2.29. The molecule has 0 bridgehead atoms. The van der Waals surface area contributed by atoms with Gasteiger partial charge in [0.25, 0.3) is 0 Å². The van der Waals surface area contributed by atoms with E-state index in [0.29, 0.717) is 0 Å². The summed E-state index contributed by atoms with van der Waals surface area (Å²) in [5, 5.41) is 10.6. The van der Waals surface area contributed by atoms with Gasteiger partial charge in [-0.2, -0.15) is 0 Å². The highest BCUT2D eigenvalue weighted by Crippen LogP contribution is 2.38. The molecule has 0 amide bonds. The van der Waals surface area contributed by atoms with E-state index in [9.17, 15) is 5.11 Å². The Morgan fingerprint density at radius 2 is 1.33 bits per heavy atom. The van der Waals surface area contributed by atoms with Crippen LogP contribution < -0.4 is 0 Å². The van der Waals surface area contributed by atoms with E-state index >= 15 is 0 Å². The summed E-state index contributed by atoms with van der Waals surface area (Å²) in [6.07, 6.45) is 4.64. The number of hydrogen-bond donors (Lipinski definition) is 1. The summed E-state index contributed by atoms with van der Waals surface area (Å²) in [5.41, 5.74) is 7.86. The Morgan fingerprint density at radius 1 is 0.889 bits per heavy atom. The van der Waals surface area contributed by atoms with Crippen LogP contribution in [0.1, 0.15) is 65.2 Å². The number of rotatable bonds is 3. The second kappa shape index (κ2) is 5.05. The van der Waals surface area contributed by atoms with Crippen molar-refractivity contribution in [3.63, 3.8) is 0 Å². The minimum atomic E-state index is -0.270. The fourth-order valence-electron chi connectivity index (χ4n) is 3.19. The molecule has 0 spiro atoms. The fourth-order valence-corrected chi connectivity index (χ4v) is 3.19. The van der Waals surface area contributed by atoms with Crippen molar-refractivity contribution in [2.24, 2.45) is 5.92 Å². The molecule has 1 nitrogen and oxygen atoms in total. The van der Waals surface area contributed by atoms with E-state index in [2.05, 4.69) is 34.6 Å². The van der Waals surface area contributed by atoms with Gasteiger partial charge in [-0.25, -0.2) is 0 Å². The Hall–Kier alpha value is -0.820. The van der Waals surface area contributed by atoms with E-state index in [-0.39, 0.29) is 6.10 Å². The van der Waals surface area contributed by atoms with Crippen LogP contribution in [0.5, 0.6) is 0 Å². The first-order chi connectivity index (χ1) is 8.43. The molecule has 1 atom stereocenters. The van der Waals surface area contributed by atoms with Crippen molar-refractivity contribution in [3.05, 3.63) is 33.4 Å². The highest BCUT2D eigenvalue weighted by molar-refractivity contribution is 5.50. The van der Waals surface area contributed by atoms with Crippen molar-refractivity contribution < 1.29 is 5.11 Å². The minimum Gasteiger partial charge on any atom is -0.388 e. The molecule has 0 heterocycles. The molecule has 1 fully saturated rings. The molecule has 0 aromatic heterocycles. The summed E-state index contributed by atoms with van der Waals surface area (Å²) in [5.74, 6) is 0.751. The van der Waals surface area contributed by atoms with Crippen molar-refractivity contribution in [2.45, 2.75) is 66.4 Å². The van der Waals surface area contributed by atoms with Gasteiger partial charge in [0.1, 0.15) is 0 Å². The van der Waals surface area contributed by atoms with Crippen LogP contribution in [0.4, 0.5) is 0 Å². The zero-order valence-corrected chi connectivity index (χ0v) is 12.4. The van der Waals surface area contributed by atoms with Crippen LogP contribution in [0, 0.1) is 40.5 Å². The molecule has 2 rings (SSSR count). The molecule has 1 saturated carbocycles. The van der Waals surface area contributed by atoms with Crippen molar-refractivity contribution in [1.29, 1.82) is 0 Å². The largest absolute Gasteiger partial charge is 0.388 e. The molecule has 1 aliphatic carbocycles. The van der Waals surface area contributed by atoms with Gasteiger partial charge in [-0.05, 0) is 80.3 Å². The van der Waals surface area contributed by atoms with Gasteiger partial charge in [0.2, 0.25) is 0 Å². The van der Waals surface area contributed by atoms with Crippen LogP contribution in [-0.4, -0.2) is 5.11 Å². The maximum Gasteiger partial charge on any atom is 0.0798 e. The van der Waals surface area contributed by atoms with Crippen LogP contribution in [0.15, 0.2) is 0 Å². The summed E-state index contributed by atoms with van der Waals surface area (Å²) < 4.78 is 0. The fraction of sp³-hybridized carbons (Fsp3) is 0.647. The molecular weight excluding hydrogens is 220 g/mol. The monoisotopic (exact) mass is 246 g/mol. The van der Waals surface area contributed by atoms with Gasteiger partial charge < -0.3 is 5.11 Å². The molecule has 0 saturated heterocycles. The van der Waals surface area contributed by atoms with E-state index in [4.69, 9.17) is 0 Å². The first-order valence-electron chi connectivity index (χ1n) is 7.18. The summed E-state index contributed by atoms with van der Waals surface area (Å²) >= 11 is 0. The van der Waals surface area contributed by atoms with E-state index in [0.717, 1.165) is 12.3 Å². The number of aliphatic hydroxyl groups excluding tert-OH is 1. The summed E-state index contributed by atoms with van der Waals surface area (Å²) in [6, 6.07) is 0. The topological polar surface area (TPSA) is 20.2 Å². The van der Waals surface area contributed by atoms with Crippen LogP contribution in [0.3, 0.4) is 0 Å². The van der Waals surface area contributed by atoms with Gasteiger partial charge in [-0.15, -0.1) is 0 Å². The Bertz CT molecular complexity index is 426. The molecule has 100 valence electrons. The Morgan fingerprint density at radius 3 is 1.72 bits per heavy atom. The molecule has 0 aliphatic heterocycles. The Labute approximate surface area is 111 Å². The lowest BCUT2D eigenvalue weighted by molar-refractivity contribution is 0.117. The van der Waals surface area contributed by atoms with Crippen molar-refractivity contribution in [2.75, 3.05) is 0 Å². The predicted octanol–water partition coefficient (Wildman–Crippen LogP) is 4.45. The quantitative estimate of drug-likeness (QED) is 0.835. The minimum absolute atomic E-state index is 0.270. The third-order valence-corrected chi connectivity index (χ3v) is 5.17. The van der Waals surface area contributed by atoms with Gasteiger partial charge in [-0.1, -0.05) is 19.3 Å². The Kier molecular flexibility index (Phi) is 3.82. The molecule has 0 radical (unpaired) electrons. The molecule has 18 heavy (non-hydrogen) atoms. The molecule has 1 aliphatic rings. The second-order valence-corrected chi connectivity index (χ2v) is 6.09. The summed E-state index contributed by atoms with van der Waals surface area (Å²) in [7, 11) is 0. The molecule has 1 aromatic rings. The van der Waals surface area contributed by atoms with Crippen molar-refractivity contribution in [3.8, 4) is 0 Å². The maximum atomic E-state index is 10.6. The summed E-state index contributed by atoms with van der Waals surface area (Å²) in [4.78, 5) is 0. The van der Waals surface area contributed by atoms with Crippen LogP contribution in [0.25, 0.3) is 0 Å².